The zero-order valence-corrected chi connectivity index (χ0v) is 17.5. The molecule has 154 valence electrons. The van der Waals surface area contributed by atoms with Gasteiger partial charge in [0.2, 0.25) is 0 Å². The molecule has 1 aromatic rings. The van der Waals surface area contributed by atoms with Crippen LogP contribution < -0.4 is 15.5 Å². The van der Waals surface area contributed by atoms with Gasteiger partial charge in [0.05, 0.1) is 13.2 Å². The van der Waals surface area contributed by atoms with Gasteiger partial charge >= 0.3 is 0 Å². The van der Waals surface area contributed by atoms with E-state index in [2.05, 4.69) is 75.7 Å². The number of nitrogens with zero attached hydrogens (tertiary/aromatic N) is 3. The smallest absolute Gasteiger partial charge is 0.191 e. The van der Waals surface area contributed by atoms with Crippen LogP contribution in [0.3, 0.4) is 0 Å². The SMILES string of the molecule is CN=C(NCc1ccc(N2CC=CC2)cc1)NCC(C(C)C)N1CCOCC1. The highest BCUT2D eigenvalue weighted by molar-refractivity contribution is 5.79. The Morgan fingerprint density at radius 2 is 1.75 bits per heavy atom. The molecule has 6 nitrogen and oxygen atoms in total. The number of nitrogens with one attached hydrogen (secondary N) is 2. The third kappa shape index (κ3) is 5.72. The number of hydrogen-bond donors (Lipinski definition) is 2. The van der Waals surface area contributed by atoms with Gasteiger partial charge < -0.3 is 20.3 Å². The second kappa shape index (κ2) is 10.5. The minimum atomic E-state index is 0.482. The summed E-state index contributed by atoms with van der Waals surface area (Å²) in [5, 5.41) is 6.96. The molecule has 2 aliphatic rings. The molecule has 2 N–H and O–H groups in total. The van der Waals surface area contributed by atoms with Crippen molar-refractivity contribution < 1.29 is 4.74 Å². The van der Waals surface area contributed by atoms with Crippen LogP contribution in [0.5, 0.6) is 0 Å². The van der Waals surface area contributed by atoms with E-state index >= 15 is 0 Å². The highest BCUT2D eigenvalue weighted by atomic mass is 16.5. The Morgan fingerprint density at radius 3 is 2.36 bits per heavy atom. The monoisotopic (exact) mass is 385 g/mol. The first kappa shape index (κ1) is 20.7. The van der Waals surface area contributed by atoms with E-state index in [0.29, 0.717) is 12.0 Å². The van der Waals surface area contributed by atoms with Crippen molar-refractivity contribution in [2.24, 2.45) is 10.9 Å². The largest absolute Gasteiger partial charge is 0.379 e. The molecular formula is C22H35N5O. The fraction of sp³-hybridized carbons (Fsp3) is 0.591. The first-order valence-electron chi connectivity index (χ1n) is 10.4. The number of anilines is 1. The molecule has 1 saturated heterocycles. The number of hydrogen-bond acceptors (Lipinski definition) is 4. The Balaban J connectivity index is 1.47. The molecule has 0 aliphatic carbocycles. The fourth-order valence-corrected chi connectivity index (χ4v) is 3.82. The second-order valence-electron chi connectivity index (χ2n) is 7.81. The quantitative estimate of drug-likeness (QED) is 0.428. The van der Waals surface area contributed by atoms with Gasteiger partial charge in [0.1, 0.15) is 0 Å². The zero-order valence-electron chi connectivity index (χ0n) is 17.5. The van der Waals surface area contributed by atoms with Crippen LogP contribution in [0, 0.1) is 5.92 Å². The van der Waals surface area contributed by atoms with Crippen LogP contribution in [0.15, 0.2) is 41.4 Å². The van der Waals surface area contributed by atoms with Crippen molar-refractivity contribution in [3.05, 3.63) is 42.0 Å². The normalized spacial score (nSPS) is 19.3. The van der Waals surface area contributed by atoms with Crippen LogP contribution in [-0.2, 0) is 11.3 Å². The molecule has 0 bridgehead atoms. The number of aliphatic imine (C=N–C) groups is 1. The molecule has 0 spiro atoms. The standard InChI is InChI=1S/C22H35N5O/c1-18(2)21(27-12-14-28-15-13-27)17-25-22(23-3)24-16-19-6-8-20(9-7-19)26-10-4-5-11-26/h4-9,18,21H,10-17H2,1-3H3,(H2,23,24,25). The van der Waals surface area contributed by atoms with Crippen molar-refractivity contribution in [1.29, 1.82) is 0 Å². The highest BCUT2D eigenvalue weighted by Gasteiger charge is 2.23. The van der Waals surface area contributed by atoms with Gasteiger partial charge in [0.15, 0.2) is 5.96 Å². The Labute approximate surface area is 169 Å². The summed E-state index contributed by atoms with van der Waals surface area (Å²) in [4.78, 5) is 9.28. The lowest BCUT2D eigenvalue weighted by molar-refractivity contribution is 0.00752. The number of benzene rings is 1. The lowest BCUT2D eigenvalue weighted by Crippen LogP contribution is -2.52. The van der Waals surface area contributed by atoms with Gasteiger partial charge in [-0.3, -0.25) is 9.89 Å². The van der Waals surface area contributed by atoms with Gasteiger partial charge in [-0.2, -0.15) is 0 Å². The second-order valence-corrected chi connectivity index (χ2v) is 7.81. The first-order valence-corrected chi connectivity index (χ1v) is 10.4. The van der Waals surface area contributed by atoms with Gasteiger partial charge in [-0.1, -0.05) is 38.1 Å². The third-order valence-electron chi connectivity index (χ3n) is 5.57. The summed E-state index contributed by atoms with van der Waals surface area (Å²) in [6.07, 6.45) is 4.43. The number of morpholine rings is 1. The molecule has 1 fully saturated rings. The molecule has 6 heteroatoms. The summed E-state index contributed by atoms with van der Waals surface area (Å²) in [6, 6.07) is 9.27. The minimum absolute atomic E-state index is 0.482. The van der Waals surface area contributed by atoms with E-state index in [-0.39, 0.29) is 0 Å². The summed E-state index contributed by atoms with van der Waals surface area (Å²) in [5.41, 5.74) is 2.54. The summed E-state index contributed by atoms with van der Waals surface area (Å²) in [5.74, 6) is 1.43. The van der Waals surface area contributed by atoms with Crippen molar-refractivity contribution in [3.8, 4) is 0 Å². The molecule has 0 saturated carbocycles. The molecule has 1 unspecified atom stereocenters. The highest BCUT2D eigenvalue weighted by Crippen LogP contribution is 2.17. The van der Waals surface area contributed by atoms with Crippen molar-refractivity contribution >= 4 is 11.6 Å². The van der Waals surface area contributed by atoms with E-state index in [0.717, 1.165) is 58.4 Å². The molecule has 28 heavy (non-hydrogen) atoms. The van der Waals surface area contributed by atoms with E-state index < -0.39 is 0 Å². The van der Waals surface area contributed by atoms with E-state index in [1.165, 1.54) is 11.3 Å². The maximum Gasteiger partial charge on any atom is 0.191 e. The minimum Gasteiger partial charge on any atom is -0.379 e. The van der Waals surface area contributed by atoms with Gasteiger partial charge in [0.25, 0.3) is 0 Å². The van der Waals surface area contributed by atoms with Gasteiger partial charge in [-0.15, -0.1) is 0 Å². The predicted octanol–water partition coefficient (Wildman–Crippen LogP) is 2.08. The molecule has 2 aliphatic heterocycles. The maximum atomic E-state index is 5.50. The van der Waals surface area contributed by atoms with Crippen molar-refractivity contribution in [2.75, 3.05) is 57.9 Å². The summed E-state index contributed by atoms with van der Waals surface area (Å²) >= 11 is 0. The topological polar surface area (TPSA) is 52.1 Å². The number of ether oxygens (including phenoxy) is 1. The van der Waals surface area contributed by atoms with Gasteiger partial charge in [-0.05, 0) is 23.6 Å². The van der Waals surface area contributed by atoms with Gasteiger partial charge in [-0.25, -0.2) is 0 Å². The molecular weight excluding hydrogens is 350 g/mol. The maximum absolute atomic E-state index is 5.50. The van der Waals surface area contributed by atoms with Crippen LogP contribution in [0.4, 0.5) is 5.69 Å². The van der Waals surface area contributed by atoms with Crippen molar-refractivity contribution in [2.45, 2.75) is 26.4 Å². The molecule has 0 radical (unpaired) electrons. The van der Waals surface area contributed by atoms with Crippen LogP contribution in [0.1, 0.15) is 19.4 Å². The summed E-state index contributed by atoms with van der Waals surface area (Å²) in [6.45, 7) is 11.9. The average molecular weight is 386 g/mol. The molecule has 3 rings (SSSR count). The molecule has 0 amide bonds. The van der Waals surface area contributed by atoms with Crippen LogP contribution in [-0.4, -0.2) is 69.9 Å². The van der Waals surface area contributed by atoms with Crippen molar-refractivity contribution in [1.82, 2.24) is 15.5 Å². The molecule has 1 atom stereocenters. The molecule has 0 aromatic heterocycles. The average Bonchev–Trinajstić information content (AvgIpc) is 3.26. The third-order valence-corrected chi connectivity index (χ3v) is 5.57. The summed E-state index contributed by atoms with van der Waals surface area (Å²) < 4.78 is 5.50. The lowest BCUT2D eigenvalue weighted by atomic mass is 10.0. The number of rotatable bonds is 7. The molecule has 2 heterocycles. The Hall–Kier alpha value is -2.05. The van der Waals surface area contributed by atoms with Gasteiger partial charge in [0, 0.05) is 58.0 Å². The van der Waals surface area contributed by atoms with Crippen LogP contribution >= 0.6 is 0 Å². The van der Waals surface area contributed by atoms with E-state index in [1.807, 2.05) is 7.05 Å². The fourth-order valence-electron chi connectivity index (χ4n) is 3.82. The van der Waals surface area contributed by atoms with E-state index in [4.69, 9.17) is 4.74 Å². The van der Waals surface area contributed by atoms with Crippen LogP contribution in [0.25, 0.3) is 0 Å². The zero-order chi connectivity index (χ0) is 19.8. The van der Waals surface area contributed by atoms with E-state index in [9.17, 15) is 0 Å². The Kier molecular flexibility index (Phi) is 7.74. The predicted molar refractivity (Wildman–Crippen MR) is 117 cm³/mol. The van der Waals surface area contributed by atoms with Crippen molar-refractivity contribution in [3.63, 3.8) is 0 Å². The lowest BCUT2D eigenvalue weighted by Gasteiger charge is -2.37. The van der Waals surface area contributed by atoms with Crippen LogP contribution in [0.2, 0.25) is 0 Å². The Morgan fingerprint density at radius 1 is 1.07 bits per heavy atom. The Bertz CT molecular complexity index is 641. The molecule has 1 aromatic carbocycles. The van der Waals surface area contributed by atoms with E-state index in [1.54, 1.807) is 0 Å². The number of guanidine groups is 1. The first-order chi connectivity index (χ1) is 13.7. The summed E-state index contributed by atoms with van der Waals surface area (Å²) in [7, 11) is 1.83.